The highest BCUT2D eigenvalue weighted by atomic mass is 35.5. The molecule has 0 spiro atoms. The minimum absolute atomic E-state index is 0.0401. The SMILES string of the molecule is COc1ccc(C[C@@H](NC(=O)/C=C/C[C@H](O)[C@H](C)/C=C/c2cccnc2)C(=O)NCC(C)(C)C(=O)O[C@H](C=[SH]CCNC(C)=O)CC(C)C)cc1Cl. The highest BCUT2D eigenvalue weighted by Crippen LogP contribution is 2.26. The molecule has 0 saturated carbocycles. The molecular weight excluding hydrogens is 704 g/mol. The molecule has 0 aliphatic heterocycles. The van der Waals surface area contributed by atoms with Gasteiger partial charge in [-0.2, -0.15) is 11.4 Å². The van der Waals surface area contributed by atoms with Crippen molar-refractivity contribution < 1.29 is 33.8 Å². The van der Waals surface area contributed by atoms with Gasteiger partial charge in [0, 0.05) is 50.5 Å². The van der Waals surface area contributed by atoms with Crippen LogP contribution < -0.4 is 20.7 Å². The number of ether oxygens (including phenoxy) is 2. The van der Waals surface area contributed by atoms with Crippen LogP contribution in [0.5, 0.6) is 5.75 Å². The van der Waals surface area contributed by atoms with E-state index in [2.05, 4.69) is 20.9 Å². The van der Waals surface area contributed by atoms with Crippen LogP contribution in [0.15, 0.2) is 61.0 Å². The number of aliphatic hydroxyl groups is 1. The fourth-order valence-corrected chi connectivity index (χ4v) is 5.88. The van der Waals surface area contributed by atoms with Crippen molar-refractivity contribution in [1.29, 1.82) is 0 Å². The van der Waals surface area contributed by atoms with E-state index in [1.54, 1.807) is 50.5 Å². The van der Waals surface area contributed by atoms with Crippen molar-refractivity contribution in [3.63, 3.8) is 0 Å². The Balaban J connectivity index is 2.10. The first-order valence-corrected chi connectivity index (χ1v) is 18.9. The standard InChI is InChI=1S/C39H55ClN4O7S/c1-26(2)20-31(24-52-19-18-42-28(4)45)51-38(49)39(5,6)25-43-37(48)33(22-30-15-16-35(50-7)32(40)21-30)44-36(47)12-8-11-34(46)27(3)13-14-29-10-9-17-41-23-29/h8-10,12-17,21,23-24,26-27,31,33-34,46,52H,11,18-20,22,25H2,1-7H3,(H,42,45)(H,43,48)(H,44,47)/b12-8+,14-13+/t27-,31+,33-,34+/m1/s1. The summed E-state index contributed by atoms with van der Waals surface area (Å²) in [4.78, 5) is 55.2. The van der Waals surface area contributed by atoms with Crippen molar-refractivity contribution in [2.45, 2.75) is 79.1 Å². The zero-order valence-electron chi connectivity index (χ0n) is 31.2. The molecule has 0 aliphatic carbocycles. The van der Waals surface area contributed by atoms with E-state index >= 15 is 0 Å². The van der Waals surface area contributed by atoms with Crippen LogP contribution in [0.2, 0.25) is 5.02 Å². The van der Waals surface area contributed by atoms with Crippen molar-refractivity contribution in [2.75, 3.05) is 26.0 Å². The third-order valence-electron chi connectivity index (χ3n) is 7.93. The minimum atomic E-state index is -1.08. The zero-order valence-corrected chi connectivity index (χ0v) is 32.9. The largest absolute Gasteiger partial charge is 0.495 e. The van der Waals surface area contributed by atoms with Gasteiger partial charge in [-0.1, -0.05) is 62.7 Å². The number of halogens is 1. The van der Waals surface area contributed by atoms with Crippen molar-refractivity contribution >= 4 is 58.1 Å². The molecule has 11 nitrogen and oxygen atoms in total. The molecule has 0 saturated heterocycles. The van der Waals surface area contributed by atoms with Crippen LogP contribution in [0.4, 0.5) is 0 Å². The summed E-state index contributed by atoms with van der Waals surface area (Å²) in [5, 5.41) is 21.2. The lowest BCUT2D eigenvalue weighted by molar-refractivity contribution is -0.156. The Morgan fingerprint density at radius 2 is 1.87 bits per heavy atom. The molecule has 1 aromatic carbocycles. The predicted octanol–water partition coefficient (Wildman–Crippen LogP) is 4.93. The van der Waals surface area contributed by atoms with E-state index in [-0.39, 0.29) is 37.1 Å². The smallest absolute Gasteiger partial charge is 0.313 e. The van der Waals surface area contributed by atoms with Crippen LogP contribution in [-0.4, -0.2) is 83.4 Å². The molecule has 0 unspecified atom stereocenters. The molecule has 0 bridgehead atoms. The third-order valence-corrected chi connectivity index (χ3v) is 9.25. The number of benzene rings is 1. The fraction of sp³-hybridized carbons (Fsp3) is 0.487. The maximum atomic E-state index is 13.6. The molecule has 52 heavy (non-hydrogen) atoms. The average Bonchev–Trinajstić information content (AvgIpc) is 3.09. The summed E-state index contributed by atoms with van der Waals surface area (Å²) in [7, 11) is 1.50. The lowest BCUT2D eigenvalue weighted by Crippen LogP contribution is -2.50. The van der Waals surface area contributed by atoms with Crippen molar-refractivity contribution in [3.8, 4) is 5.75 Å². The van der Waals surface area contributed by atoms with Gasteiger partial charge in [-0.25, -0.2) is 0 Å². The van der Waals surface area contributed by atoms with Gasteiger partial charge >= 0.3 is 5.97 Å². The number of carbonyl (C=O) groups is 4. The van der Waals surface area contributed by atoms with Gasteiger partial charge < -0.3 is 30.5 Å². The van der Waals surface area contributed by atoms with Crippen LogP contribution in [0.25, 0.3) is 6.08 Å². The molecule has 1 heterocycles. The molecule has 3 amide bonds. The molecule has 4 N–H and O–H groups in total. The van der Waals surface area contributed by atoms with E-state index < -0.39 is 41.4 Å². The van der Waals surface area contributed by atoms with Gasteiger partial charge in [-0.3, -0.25) is 24.2 Å². The Kier molecular flexibility index (Phi) is 19.4. The van der Waals surface area contributed by atoms with Gasteiger partial charge in [0.05, 0.1) is 23.7 Å². The number of thiol groups is 1. The van der Waals surface area contributed by atoms with Crippen molar-refractivity contribution in [3.05, 3.63) is 77.1 Å². The summed E-state index contributed by atoms with van der Waals surface area (Å²) in [6.45, 7) is 11.3. The lowest BCUT2D eigenvalue weighted by Gasteiger charge is -2.27. The Morgan fingerprint density at radius 3 is 2.50 bits per heavy atom. The third kappa shape index (κ3) is 17.0. The van der Waals surface area contributed by atoms with Crippen molar-refractivity contribution in [2.24, 2.45) is 17.3 Å². The van der Waals surface area contributed by atoms with Gasteiger partial charge in [-0.05, 0) is 73.4 Å². The molecule has 286 valence electrons. The van der Waals surface area contributed by atoms with Crippen LogP contribution >= 0.6 is 23.0 Å². The monoisotopic (exact) mass is 758 g/mol. The second kappa shape index (κ2) is 22.8. The molecular formula is C39H55ClN4O7S. The second-order valence-corrected chi connectivity index (χ2v) is 15.2. The van der Waals surface area contributed by atoms with Gasteiger partial charge in [-0.15, -0.1) is 0 Å². The van der Waals surface area contributed by atoms with Crippen LogP contribution in [-0.2, 0) is 30.3 Å². The predicted molar refractivity (Wildman–Crippen MR) is 211 cm³/mol. The first kappa shape index (κ1) is 44.2. The Morgan fingerprint density at radius 1 is 1.12 bits per heavy atom. The van der Waals surface area contributed by atoms with Crippen LogP contribution in [0, 0.1) is 17.3 Å². The number of nitrogens with zero attached hydrogens (tertiary/aromatic N) is 1. The van der Waals surface area contributed by atoms with Crippen LogP contribution in [0.3, 0.4) is 0 Å². The highest BCUT2D eigenvalue weighted by Gasteiger charge is 2.33. The van der Waals surface area contributed by atoms with Gasteiger partial charge in [0.15, 0.2) is 0 Å². The molecule has 0 fully saturated rings. The molecule has 2 rings (SSSR count). The topological polar surface area (TPSA) is 156 Å². The second-order valence-electron chi connectivity index (χ2n) is 13.7. The number of pyridine rings is 1. The summed E-state index contributed by atoms with van der Waals surface area (Å²) in [6.07, 6.45) is 9.83. The summed E-state index contributed by atoms with van der Waals surface area (Å²) in [6, 6.07) is 7.84. The Labute approximate surface area is 316 Å². The van der Waals surface area contributed by atoms with Gasteiger partial charge in [0.1, 0.15) is 17.9 Å². The molecule has 0 aliphatic rings. The maximum Gasteiger partial charge on any atom is 0.313 e. The molecule has 4 atom stereocenters. The minimum Gasteiger partial charge on any atom is -0.495 e. The van der Waals surface area contributed by atoms with E-state index in [0.717, 1.165) is 16.9 Å². The summed E-state index contributed by atoms with van der Waals surface area (Å²) >= 11 is 7.27. The summed E-state index contributed by atoms with van der Waals surface area (Å²) in [5.74, 6) is -0.331. The maximum absolute atomic E-state index is 13.6. The van der Waals surface area contributed by atoms with E-state index in [9.17, 15) is 24.3 Å². The number of hydrogen-bond acceptors (Lipinski definition) is 8. The number of aromatic nitrogens is 1. The Bertz CT molecular complexity index is 1550. The van der Waals surface area contributed by atoms with Gasteiger partial charge in [0.25, 0.3) is 0 Å². The van der Waals surface area contributed by atoms with E-state index in [4.69, 9.17) is 21.1 Å². The number of nitrogens with one attached hydrogen (secondary N) is 3. The first-order valence-electron chi connectivity index (χ1n) is 17.4. The number of amides is 3. The van der Waals surface area contributed by atoms with Crippen LogP contribution in [0.1, 0.15) is 65.5 Å². The molecule has 13 heteroatoms. The number of hydrogen-bond donors (Lipinski definition) is 5. The molecule has 0 radical (unpaired) electrons. The van der Waals surface area contributed by atoms with Crippen molar-refractivity contribution in [1.82, 2.24) is 20.9 Å². The number of carbonyl (C=O) groups excluding carboxylic acids is 4. The van der Waals surface area contributed by atoms with E-state index in [1.165, 1.54) is 20.1 Å². The van der Waals surface area contributed by atoms with E-state index in [1.807, 2.05) is 50.4 Å². The highest BCUT2D eigenvalue weighted by molar-refractivity contribution is 7.97. The normalized spacial score (nSPS) is 14.4. The summed E-state index contributed by atoms with van der Waals surface area (Å²) in [5.41, 5.74) is 0.518. The first-order chi connectivity index (χ1) is 24.6. The zero-order chi connectivity index (χ0) is 38.7. The summed E-state index contributed by atoms with van der Waals surface area (Å²) < 4.78 is 11.1. The Hall–Kier alpha value is -4.00. The average molecular weight is 759 g/mol. The van der Waals surface area contributed by atoms with E-state index in [0.29, 0.717) is 35.1 Å². The fourth-order valence-electron chi connectivity index (χ4n) is 4.79. The molecule has 1 aromatic heterocycles. The number of methoxy groups -OCH3 is 1. The van der Waals surface area contributed by atoms with Gasteiger partial charge in [0.2, 0.25) is 17.7 Å². The molecule has 2 aromatic rings. The number of rotatable bonds is 21. The number of aliphatic hydroxyl groups excluding tert-OH is 1. The number of esters is 1. The lowest BCUT2D eigenvalue weighted by atomic mass is 9.93. The quantitative estimate of drug-likeness (QED) is 0.0395.